The molecule has 0 saturated heterocycles. The van der Waals surface area contributed by atoms with Gasteiger partial charge in [-0.1, -0.05) is 34.1 Å². The molecule has 0 aromatic heterocycles. The molecule has 0 rings (SSSR count). The molecule has 0 aliphatic carbocycles. The molecule has 0 spiro atoms. The molecule has 0 heterocycles. The number of hydrogen-bond acceptors (Lipinski definition) is 2. The monoisotopic (exact) mass is 243 g/mol. The van der Waals surface area contributed by atoms with E-state index in [1.165, 1.54) is 0 Å². The first-order valence-corrected chi connectivity index (χ1v) is 6.41. The van der Waals surface area contributed by atoms with Crippen LogP contribution in [-0.4, -0.2) is 22.5 Å². The highest BCUT2D eigenvalue weighted by molar-refractivity contribution is 5.78. The topological polar surface area (TPSA) is 66.4 Å². The molecule has 17 heavy (non-hydrogen) atoms. The molecule has 1 unspecified atom stereocenters. The number of carboxylic acids is 1. The molecule has 0 fully saturated rings. The van der Waals surface area contributed by atoms with E-state index in [1.54, 1.807) is 0 Å². The maximum absolute atomic E-state index is 11.8. The average Bonchev–Trinajstić information content (AvgIpc) is 2.27. The molecule has 0 aliphatic heterocycles. The van der Waals surface area contributed by atoms with Crippen LogP contribution in [0.1, 0.15) is 59.8 Å². The second kappa shape index (κ2) is 7.30. The fraction of sp³-hybridized carbons (Fsp3) is 0.846. The Hall–Kier alpha value is -1.06. The van der Waals surface area contributed by atoms with E-state index in [-0.39, 0.29) is 12.3 Å². The van der Waals surface area contributed by atoms with Crippen LogP contribution in [0.15, 0.2) is 0 Å². The number of carbonyl (C=O) groups excluding carboxylic acids is 1. The second-order valence-corrected chi connectivity index (χ2v) is 4.82. The van der Waals surface area contributed by atoms with Gasteiger partial charge >= 0.3 is 5.97 Å². The number of aliphatic carboxylic acids is 1. The van der Waals surface area contributed by atoms with Crippen LogP contribution in [0.25, 0.3) is 0 Å². The van der Waals surface area contributed by atoms with E-state index in [1.807, 2.05) is 27.7 Å². The smallest absolute Gasteiger partial charge is 0.305 e. The molecule has 0 aromatic carbocycles. The van der Waals surface area contributed by atoms with Crippen molar-refractivity contribution in [2.75, 3.05) is 0 Å². The van der Waals surface area contributed by atoms with Crippen LogP contribution >= 0.6 is 0 Å². The summed E-state index contributed by atoms with van der Waals surface area (Å²) in [6, 6.07) is 0. The van der Waals surface area contributed by atoms with E-state index in [0.717, 1.165) is 6.42 Å². The predicted molar refractivity (Wildman–Crippen MR) is 67.8 cm³/mol. The van der Waals surface area contributed by atoms with E-state index in [9.17, 15) is 9.59 Å². The van der Waals surface area contributed by atoms with Crippen molar-refractivity contribution in [3.63, 3.8) is 0 Å². The zero-order valence-electron chi connectivity index (χ0n) is 11.4. The van der Waals surface area contributed by atoms with Crippen molar-refractivity contribution in [3.8, 4) is 0 Å². The molecule has 0 radical (unpaired) electrons. The van der Waals surface area contributed by atoms with Crippen molar-refractivity contribution in [1.29, 1.82) is 0 Å². The Bertz CT molecular complexity index is 259. The normalized spacial score (nSPS) is 13.2. The standard InChI is InChI=1S/C13H25NO3/c1-5-10(4)8-11(15)14-13(6-2,7-3)9-12(16)17/h10H,5-9H2,1-4H3,(H,14,15)(H,16,17). The van der Waals surface area contributed by atoms with Gasteiger partial charge in [0.15, 0.2) is 0 Å². The van der Waals surface area contributed by atoms with Gasteiger partial charge in [-0.3, -0.25) is 9.59 Å². The molecule has 0 aliphatic rings. The minimum atomic E-state index is -0.863. The Morgan fingerprint density at radius 1 is 1.24 bits per heavy atom. The summed E-state index contributed by atoms with van der Waals surface area (Å²) in [5.41, 5.74) is -0.587. The molecular formula is C13H25NO3. The number of hydrogen-bond donors (Lipinski definition) is 2. The number of nitrogens with one attached hydrogen (secondary N) is 1. The maximum atomic E-state index is 11.8. The largest absolute Gasteiger partial charge is 0.481 e. The summed E-state index contributed by atoms with van der Waals surface area (Å²) in [5.74, 6) is -0.562. The summed E-state index contributed by atoms with van der Waals surface area (Å²) in [6.45, 7) is 7.89. The SMILES string of the molecule is CCC(C)CC(=O)NC(CC)(CC)CC(=O)O. The van der Waals surface area contributed by atoms with Crippen LogP contribution < -0.4 is 5.32 Å². The third-order valence-electron chi connectivity index (χ3n) is 3.48. The lowest BCUT2D eigenvalue weighted by molar-refractivity contribution is -0.139. The van der Waals surface area contributed by atoms with Gasteiger partial charge < -0.3 is 10.4 Å². The summed E-state index contributed by atoms with van der Waals surface area (Å²) in [7, 11) is 0. The molecule has 4 nitrogen and oxygen atoms in total. The van der Waals surface area contributed by atoms with E-state index >= 15 is 0 Å². The Morgan fingerprint density at radius 2 is 1.76 bits per heavy atom. The maximum Gasteiger partial charge on any atom is 0.305 e. The van der Waals surface area contributed by atoms with Gasteiger partial charge in [-0.25, -0.2) is 0 Å². The van der Waals surface area contributed by atoms with Gasteiger partial charge in [-0.05, 0) is 18.8 Å². The number of amides is 1. The van der Waals surface area contributed by atoms with Crippen molar-refractivity contribution < 1.29 is 14.7 Å². The summed E-state index contributed by atoms with van der Waals surface area (Å²) >= 11 is 0. The van der Waals surface area contributed by atoms with Crippen LogP contribution in [0.3, 0.4) is 0 Å². The molecule has 0 saturated carbocycles. The Labute approximate surface area is 104 Å². The van der Waals surface area contributed by atoms with Gasteiger partial charge in [0, 0.05) is 12.0 Å². The van der Waals surface area contributed by atoms with Gasteiger partial charge in [0.2, 0.25) is 5.91 Å². The molecule has 4 heteroatoms. The number of carboxylic acid groups (broad SMARTS) is 1. The van der Waals surface area contributed by atoms with Crippen molar-refractivity contribution in [2.24, 2.45) is 5.92 Å². The molecule has 0 aromatic rings. The molecule has 1 amide bonds. The van der Waals surface area contributed by atoms with E-state index < -0.39 is 11.5 Å². The predicted octanol–water partition coefficient (Wildman–Crippen LogP) is 2.57. The first-order valence-electron chi connectivity index (χ1n) is 6.41. The van der Waals surface area contributed by atoms with Crippen molar-refractivity contribution in [3.05, 3.63) is 0 Å². The lowest BCUT2D eigenvalue weighted by Crippen LogP contribution is -2.49. The van der Waals surface area contributed by atoms with E-state index in [4.69, 9.17) is 5.11 Å². The van der Waals surface area contributed by atoms with Crippen LogP contribution in [0.2, 0.25) is 0 Å². The molecule has 2 N–H and O–H groups in total. The fourth-order valence-corrected chi connectivity index (χ4v) is 1.82. The first kappa shape index (κ1) is 15.9. The lowest BCUT2D eigenvalue weighted by atomic mass is 9.88. The van der Waals surface area contributed by atoms with Crippen LogP contribution in [0.5, 0.6) is 0 Å². The highest BCUT2D eigenvalue weighted by Crippen LogP contribution is 2.20. The zero-order valence-corrected chi connectivity index (χ0v) is 11.4. The molecular weight excluding hydrogens is 218 g/mol. The van der Waals surface area contributed by atoms with Gasteiger partial charge in [0.1, 0.15) is 0 Å². The van der Waals surface area contributed by atoms with Crippen molar-refractivity contribution in [1.82, 2.24) is 5.32 Å². The van der Waals surface area contributed by atoms with E-state index in [0.29, 0.717) is 25.2 Å². The minimum absolute atomic E-state index is 0.00769. The van der Waals surface area contributed by atoms with E-state index in [2.05, 4.69) is 5.32 Å². The molecule has 100 valence electrons. The summed E-state index contributed by atoms with van der Waals surface area (Å²) < 4.78 is 0. The highest BCUT2D eigenvalue weighted by Gasteiger charge is 2.30. The quantitative estimate of drug-likeness (QED) is 0.688. The zero-order chi connectivity index (χ0) is 13.5. The number of rotatable bonds is 8. The van der Waals surface area contributed by atoms with Crippen LogP contribution in [-0.2, 0) is 9.59 Å². The third kappa shape index (κ3) is 5.71. The fourth-order valence-electron chi connectivity index (χ4n) is 1.82. The van der Waals surface area contributed by atoms with Gasteiger partial charge in [-0.2, -0.15) is 0 Å². The van der Waals surface area contributed by atoms with Crippen LogP contribution in [0, 0.1) is 5.92 Å². The minimum Gasteiger partial charge on any atom is -0.481 e. The summed E-state index contributed by atoms with van der Waals surface area (Å²) in [4.78, 5) is 22.7. The molecule has 0 bridgehead atoms. The molecule has 1 atom stereocenters. The first-order chi connectivity index (χ1) is 7.89. The number of carbonyl (C=O) groups is 2. The van der Waals surface area contributed by atoms with Gasteiger partial charge in [0.05, 0.1) is 6.42 Å². The van der Waals surface area contributed by atoms with Gasteiger partial charge in [0.25, 0.3) is 0 Å². The Morgan fingerprint density at radius 3 is 2.12 bits per heavy atom. The lowest BCUT2D eigenvalue weighted by Gasteiger charge is -2.31. The highest BCUT2D eigenvalue weighted by atomic mass is 16.4. The second-order valence-electron chi connectivity index (χ2n) is 4.82. The van der Waals surface area contributed by atoms with Crippen molar-refractivity contribution >= 4 is 11.9 Å². The van der Waals surface area contributed by atoms with Crippen LogP contribution in [0.4, 0.5) is 0 Å². The van der Waals surface area contributed by atoms with Gasteiger partial charge in [-0.15, -0.1) is 0 Å². The summed E-state index contributed by atoms with van der Waals surface area (Å²) in [5, 5.41) is 11.8. The Balaban J connectivity index is 4.53. The third-order valence-corrected chi connectivity index (χ3v) is 3.48. The average molecular weight is 243 g/mol. The summed E-state index contributed by atoms with van der Waals surface area (Å²) in [6.07, 6.45) is 2.70. The van der Waals surface area contributed by atoms with Crippen molar-refractivity contribution in [2.45, 2.75) is 65.3 Å². The Kier molecular flexibility index (Phi) is 6.85.